The van der Waals surface area contributed by atoms with E-state index in [1.165, 1.54) is 18.7 Å². The molecular weight excluding hydrogens is 328 g/mol. The maximum atomic E-state index is 12.9. The lowest BCUT2D eigenvalue weighted by Crippen LogP contribution is -2.30. The van der Waals surface area contributed by atoms with Gasteiger partial charge in [0.1, 0.15) is 11.3 Å². The molecule has 138 valence electrons. The summed E-state index contributed by atoms with van der Waals surface area (Å²) in [7, 11) is 1.49. The Morgan fingerprint density at radius 3 is 2.69 bits per heavy atom. The van der Waals surface area contributed by atoms with Crippen molar-refractivity contribution in [2.75, 3.05) is 12.4 Å². The van der Waals surface area contributed by atoms with Crippen molar-refractivity contribution in [1.29, 1.82) is 0 Å². The zero-order valence-electron chi connectivity index (χ0n) is 15.5. The van der Waals surface area contributed by atoms with Gasteiger partial charge in [-0.3, -0.25) is 9.59 Å². The van der Waals surface area contributed by atoms with Crippen LogP contribution < -0.4 is 15.6 Å². The number of fused-ring (bicyclic) bond motifs is 1. The predicted molar refractivity (Wildman–Crippen MR) is 103 cm³/mol. The van der Waals surface area contributed by atoms with Crippen molar-refractivity contribution in [3.8, 4) is 5.75 Å². The summed E-state index contributed by atoms with van der Waals surface area (Å²) in [6.07, 6.45) is 6.02. The van der Waals surface area contributed by atoms with E-state index in [0.29, 0.717) is 24.3 Å². The molecule has 0 spiro atoms. The minimum absolute atomic E-state index is 0.103. The van der Waals surface area contributed by atoms with Crippen LogP contribution in [0.2, 0.25) is 0 Å². The topological polar surface area (TPSA) is 60.3 Å². The molecule has 1 N–H and O–H groups in total. The number of aromatic nitrogens is 1. The maximum absolute atomic E-state index is 12.9. The Morgan fingerprint density at radius 1 is 1.23 bits per heavy atom. The van der Waals surface area contributed by atoms with E-state index in [4.69, 9.17) is 4.74 Å². The van der Waals surface area contributed by atoms with Crippen LogP contribution in [0.25, 0.3) is 0 Å². The standard InChI is InChI=1S/C21H26N2O3/c1-3-4-7-15-9-11-16(12-10-15)22-21(25)20-17-8-5-6-13-23(17)19(24)14-18(20)26-2/h9-12,14H,3-8,13H2,1-2H3,(H,22,25). The minimum atomic E-state index is -0.228. The number of nitrogens with zero attached hydrogens (tertiary/aromatic N) is 1. The van der Waals surface area contributed by atoms with Gasteiger partial charge in [-0.25, -0.2) is 0 Å². The molecule has 1 aliphatic heterocycles. The van der Waals surface area contributed by atoms with Gasteiger partial charge in [-0.05, 0) is 49.8 Å². The predicted octanol–water partition coefficient (Wildman–Crippen LogP) is 3.79. The number of amides is 1. The first-order valence-corrected chi connectivity index (χ1v) is 9.35. The highest BCUT2D eigenvalue weighted by molar-refractivity contribution is 6.07. The summed E-state index contributed by atoms with van der Waals surface area (Å²) in [5, 5.41) is 2.95. The van der Waals surface area contributed by atoms with Crippen molar-refractivity contribution in [2.24, 2.45) is 0 Å². The van der Waals surface area contributed by atoms with E-state index in [0.717, 1.165) is 43.5 Å². The summed E-state index contributed by atoms with van der Waals surface area (Å²) in [6.45, 7) is 2.83. The number of ether oxygens (including phenoxy) is 1. The van der Waals surface area contributed by atoms with Gasteiger partial charge in [0.15, 0.2) is 0 Å². The second-order valence-corrected chi connectivity index (χ2v) is 6.74. The lowest BCUT2D eigenvalue weighted by molar-refractivity contribution is 0.102. The van der Waals surface area contributed by atoms with Gasteiger partial charge >= 0.3 is 0 Å². The molecule has 0 bridgehead atoms. The molecule has 5 heteroatoms. The molecule has 1 aromatic heterocycles. The van der Waals surface area contributed by atoms with Gasteiger partial charge in [-0.2, -0.15) is 0 Å². The molecule has 0 radical (unpaired) electrons. The van der Waals surface area contributed by atoms with E-state index in [1.54, 1.807) is 4.57 Å². The van der Waals surface area contributed by atoms with Crippen molar-refractivity contribution < 1.29 is 9.53 Å². The number of methoxy groups -OCH3 is 1. The number of carbonyl (C=O) groups excluding carboxylic acids is 1. The molecule has 0 atom stereocenters. The average molecular weight is 354 g/mol. The second-order valence-electron chi connectivity index (χ2n) is 6.74. The molecule has 3 rings (SSSR count). The number of hydrogen-bond acceptors (Lipinski definition) is 3. The van der Waals surface area contributed by atoms with Crippen molar-refractivity contribution >= 4 is 11.6 Å². The number of pyridine rings is 1. The van der Waals surface area contributed by atoms with Crippen molar-refractivity contribution in [3.05, 3.63) is 57.5 Å². The maximum Gasteiger partial charge on any atom is 0.261 e. The van der Waals surface area contributed by atoms with Crippen LogP contribution in [0.4, 0.5) is 5.69 Å². The first-order valence-electron chi connectivity index (χ1n) is 9.35. The molecule has 0 aliphatic carbocycles. The van der Waals surface area contributed by atoms with Crippen LogP contribution in [0, 0.1) is 0 Å². The van der Waals surface area contributed by atoms with E-state index in [-0.39, 0.29) is 11.5 Å². The van der Waals surface area contributed by atoms with Gasteiger partial charge in [-0.1, -0.05) is 25.5 Å². The Labute approximate surface area is 154 Å². The Morgan fingerprint density at radius 2 is 2.00 bits per heavy atom. The molecule has 0 saturated carbocycles. The monoisotopic (exact) mass is 354 g/mol. The summed E-state index contributed by atoms with van der Waals surface area (Å²) in [6, 6.07) is 9.37. The van der Waals surface area contributed by atoms with Crippen LogP contribution in [0.3, 0.4) is 0 Å². The minimum Gasteiger partial charge on any atom is -0.496 e. The van der Waals surface area contributed by atoms with Crippen LogP contribution in [-0.4, -0.2) is 17.6 Å². The van der Waals surface area contributed by atoms with E-state index in [2.05, 4.69) is 12.2 Å². The molecule has 2 aromatic rings. The first kappa shape index (κ1) is 18.2. The third-order valence-corrected chi connectivity index (χ3v) is 4.90. The smallest absolute Gasteiger partial charge is 0.261 e. The van der Waals surface area contributed by atoms with Crippen molar-refractivity contribution in [1.82, 2.24) is 4.57 Å². The number of hydrogen-bond donors (Lipinski definition) is 1. The van der Waals surface area contributed by atoms with E-state index < -0.39 is 0 Å². The molecule has 1 aliphatic rings. The van der Waals surface area contributed by atoms with Gasteiger partial charge in [0.25, 0.3) is 11.5 Å². The number of aryl methyl sites for hydroxylation is 1. The zero-order chi connectivity index (χ0) is 18.5. The molecule has 1 amide bonds. The third-order valence-electron chi connectivity index (χ3n) is 4.90. The highest BCUT2D eigenvalue weighted by Gasteiger charge is 2.24. The van der Waals surface area contributed by atoms with Crippen LogP contribution in [0.5, 0.6) is 5.75 Å². The number of carbonyl (C=O) groups is 1. The lowest BCUT2D eigenvalue weighted by Gasteiger charge is -2.22. The van der Waals surface area contributed by atoms with E-state index in [1.807, 2.05) is 24.3 Å². The summed E-state index contributed by atoms with van der Waals surface area (Å²) in [4.78, 5) is 25.2. The van der Waals surface area contributed by atoms with Crippen LogP contribution in [0.15, 0.2) is 35.1 Å². The normalized spacial score (nSPS) is 13.2. The zero-order valence-corrected chi connectivity index (χ0v) is 15.5. The molecule has 0 fully saturated rings. The number of benzene rings is 1. The van der Waals surface area contributed by atoms with Gasteiger partial charge in [0.05, 0.1) is 7.11 Å². The summed E-state index contributed by atoms with van der Waals surface area (Å²) < 4.78 is 7.04. The van der Waals surface area contributed by atoms with Crippen molar-refractivity contribution in [2.45, 2.75) is 52.0 Å². The Hall–Kier alpha value is -2.56. The fraction of sp³-hybridized carbons (Fsp3) is 0.429. The molecule has 0 saturated heterocycles. The second kappa shape index (κ2) is 8.21. The molecule has 26 heavy (non-hydrogen) atoms. The van der Waals surface area contributed by atoms with Crippen LogP contribution in [-0.2, 0) is 19.4 Å². The number of rotatable bonds is 6. The quantitative estimate of drug-likeness (QED) is 0.858. The molecular formula is C21H26N2O3. The SMILES string of the molecule is CCCCc1ccc(NC(=O)c2c(OC)cc(=O)n3c2CCCC3)cc1. The summed E-state index contributed by atoms with van der Waals surface area (Å²) in [5.41, 5.74) is 3.16. The van der Waals surface area contributed by atoms with E-state index in [9.17, 15) is 9.59 Å². The van der Waals surface area contributed by atoms with Crippen LogP contribution in [0.1, 0.15) is 54.2 Å². The fourth-order valence-electron chi connectivity index (χ4n) is 3.47. The van der Waals surface area contributed by atoms with E-state index >= 15 is 0 Å². The molecule has 2 heterocycles. The highest BCUT2D eigenvalue weighted by Crippen LogP contribution is 2.26. The molecule has 1 aromatic carbocycles. The first-order chi connectivity index (χ1) is 12.6. The average Bonchev–Trinajstić information content (AvgIpc) is 2.67. The Kier molecular flexibility index (Phi) is 5.76. The highest BCUT2D eigenvalue weighted by atomic mass is 16.5. The van der Waals surface area contributed by atoms with Crippen LogP contribution >= 0.6 is 0 Å². The van der Waals surface area contributed by atoms with Gasteiger partial charge in [-0.15, -0.1) is 0 Å². The Bertz CT molecular complexity index is 838. The van der Waals surface area contributed by atoms with Crippen molar-refractivity contribution in [3.63, 3.8) is 0 Å². The molecule has 5 nitrogen and oxygen atoms in total. The van der Waals surface area contributed by atoms with Gasteiger partial charge < -0.3 is 14.6 Å². The largest absolute Gasteiger partial charge is 0.496 e. The third kappa shape index (κ3) is 3.82. The lowest BCUT2D eigenvalue weighted by atomic mass is 10.0. The molecule has 0 unspecified atom stereocenters. The fourth-order valence-corrected chi connectivity index (χ4v) is 3.47. The van der Waals surface area contributed by atoms with Gasteiger partial charge in [0.2, 0.25) is 0 Å². The summed E-state index contributed by atoms with van der Waals surface area (Å²) in [5.74, 6) is 0.119. The summed E-state index contributed by atoms with van der Waals surface area (Å²) >= 11 is 0. The number of nitrogens with one attached hydrogen (secondary N) is 1. The number of unbranched alkanes of at least 4 members (excludes halogenated alkanes) is 1. The number of anilines is 1. The Balaban J connectivity index is 1.87. The van der Waals surface area contributed by atoms with Gasteiger partial charge in [0, 0.05) is 24.0 Å².